The van der Waals surface area contributed by atoms with Gasteiger partial charge in [-0.1, -0.05) is 13.5 Å². The summed E-state index contributed by atoms with van der Waals surface area (Å²) in [5, 5.41) is 2.83. The van der Waals surface area contributed by atoms with Crippen molar-refractivity contribution in [2.45, 2.75) is 45.6 Å². The monoisotopic (exact) mass is 269 g/mol. The first-order chi connectivity index (χ1) is 8.99. The predicted octanol–water partition coefficient (Wildman–Crippen LogP) is 2.41. The van der Waals surface area contributed by atoms with Crippen LogP contribution in [0.1, 0.15) is 39.5 Å². The summed E-state index contributed by atoms with van der Waals surface area (Å²) in [6.07, 6.45) is 3.84. The molecule has 108 valence electrons. The van der Waals surface area contributed by atoms with Gasteiger partial charge in [0.05, 0.1) is 0 Å². The molecule has 0 saturated heterocycles. The van der Waals surface area contributed by atoms with Crippen molar-refractivity contribution < 1.29 is 19.1 Å². The summed E-state index contributed by atoms with van der Waals surface area (Å²) < 4.78 is 9.76. The van der Waals surface area contributed by atoms with Crippen molar-refractivity contribution in [2.75, 3.05) is 13.2 Å². The minimum atomic E-state index is -0.467. The molecule has 5 nitrogen and oxygen atoms in total. The number of nitrogens with one attached hydrogen (secondary N) is 1. The molecule has 0 heterocycles. The molecule has 0 bridgehead atoms. The SMILES string of the molecule is C=C(C)C(=O)OCCOC(=O)NC1CCC(C)CC1. The molecule has 0 spiro atoms. The molecule has 1 rings (SSSR count). The lowest BCUT2D eigenvalue weighted by molar-refractivity contribution is -0.139. The summed E-state index contributed by atoms with van der Waals surface area (Å²) in [5.74, 6) is 0.279. The van der Waals surface area contributed by atoms with E-state index in [4.69, 9.17) is 9.47 Å². The summed E-state index contributed by atoms with van der Waals surface area (Å²) in [7, 11) is 0. The molecule has 0 aromatic carbocycles. The molecular weight excluding hydrogens is 246 g/mol. The topological polar surface area (TPSA) is 64.6 Å². The van der Waals surface area contributed by atoms with Gasteiger partial charge in [-0.2, -0.15) is 0 Å². The van der Waals surface area contributed by atoms with Crippen LogP contribution in [0.15, 0.2) is 12.2 Å². The summed E-state index contributed by atoms with van der Waals surface area (Å²) in [6, 6.07) is 0.210. The summed E-state index contributed by atoms with van der Waals surface area (Å²) in [6.45, 7) is 7.37. The Balaban J connectivity index is 2.08. The van der Waals surface area contributed by atoms with E-state index in [-0.39, 0.29) is 19.3 Å². The Hall–Kier alpha value is -1.52. The molecule has 1 aliphatic carbocycles. The van der Waals surface area contributed by atoms with E-state index in [9.17, 15) is 9.59 Å². The lowest BCUT2D eigenvalue weighted by Gasteiger charge is -2.26. The van der Waals surface area contributed by atoms with Crippen LogP contribution in [0.25, 0.3) is 0 Å². The average molecular weight is 269 g/mol. The van der Waals surface area contributed by atoms with Gasteiger partial charge in [0.1, 0.15) is 13.2 Å². The van der Waals surface area contributed by atoms with Crippen LogP contribution < -0.4 is 5.32 Å². The largest absolute Gasteiger partial charge is 0.459 e. The molecule has 0 aromatic rings. The van der Waals surface area contributed by atoms with Crippen LogP contribution >= 0.6 is 0 Å². The highest BCUT2D eigenvalue weighted by Gasteiger charge is 2.20. The molecule has 1 N–H and O–H groups in total. The smallest absolute Gasteiger partial charge is 0.407 e. The minimum Gasteiger partial charge on any atom is -0.459 e. The molecule has 0 aromatic heterocycles. The quantitative estimate of drug-likeness (QED) is 0.473. The van der Waals surface area contributed by atoms with Gasteiger partial charge in [0, 0.05) is 11.6 Å². The van der Waals surface area contributed by atoms with Crippen LogP contribution in [-0.2, 0) is 14.3 Å². The van der Waals surface area contributed by atoms with Crippen LogP contribution in [0.5, 0.6) is 0 Å². The van der Waals surface area contributed by atoms with Crippen molar-refractivity contribution in [3.05, 3.63) is 12.2 Å². The van der Waals surface area contributed by atoms with E-state index in [0.29, 0.717) is 5.57 Å². The first kappa shape index (κ1) is 15.5. The van der Waals surface area contributed by atoms with Crippen molar-refractivity contribution in [1.82, 2.24) is 5.32 Å². The van der Waals surface area contributed by atoms with Gasteiger partial charge in [0.15, 0.2) is 0 Å². The number of esters is 1. The number of carbonyl (C=O) groups is 2. The zero-order chi connectivity index (χ0) is 14.3. The Bertz CT molecular complexity index is 332. The number of amides is 1. The third-order valence-corrected chi connectivity index (χ3v) is 3.24. The van der Waals surface area contributed by atoms with E-state index in [1.807, 2.05) is 0 Å². The average Bonchev–Trinajstić information content (AvgIpc) is 2.37. The van der Waals surface area contributed by atoms with Crippen molar-refractivity contribution >= 4 is 12.1 Å². The van der Waals surface area contributed by atoms with Crippen LogP contribution in [0.4, 0.5) is 4.79 Å². The number of carbonyl (C=O) groups excluding carboxylic acids is 2. The van der Waals surface area contributed by atoms with Gasteiger partial charge < -0.3 is 14.8 Å². The molecule has 0 radical (unpaired) electrons. The van der Waals surface area contributed by atoms with Gasteiger partial charge in [0.2, 0.25) is 0 Å². The Labute approximate surface area is 114 Å². The minimum absolute atomic E-state index is 0.0564. The second-order valence-electron chi connectivity index (χ2n) is 5.15. The predicted molar refractivity (Wildman–Crippen MR) is 71.7 cm³/mol. The fourth-order valence-corrected chi connectivity index (χ4v) is 2.00. The molecular formula is C14H23NO4. The fourth-order valence-electron chi connectivity index (χ4n) is 2.00. The third kappa shape index (κ3) is 6.27. The van der Waals surface area contributed by atoms with Gasteiger partial charge in [-0.05, 0) is 38.5 Å². The normalized spacial score (nSPS) is 22.4. The second kappa shape index (κ2) is 7.81. The first-order valence-electron chi connectivity index (χ1n) is 6.75. The Morgan fingerprint density at radius 1 is 1.16 bits per heavy atom. The number of ether oxygens (including phenoxy) is 2. The lowest BCUT2D eigenvalue weighted by Crippen LogP contribution is -2.38. The molecule has 0 unspecified atom stereocenters. The Morgan fingerprint density at radius 3 is 2.32 bits per heavy atom. The zero-order valence-electron chi connectivity index (χ0n) is 11.7. The highest BCUT2D eigenvalue weighted by Crippen LogP contribution is 2.23. The maximum absolute atomic E-state index is 11.5. The standard InChI is InChI=1S/C14H23NO4/c1-10(2)13(16)18-8-9-19-14(17)15-12-6-4-11(3)5-7-12/h11-12H,1,4-9H2,2-3H3,(H,15,17). The van der Waals surface area contributed by atoms with E-state index >= 15 is 0 Å². The van der Waals surface area contributed by atoms with Gasteiger partial charge in [0.25, 0.3) is 0 Å². The third-order valence-electron chi connectivity index (χ3n) is 3.24. The highest BCUT2D eigenvalue weighted by atomic mass is 16.6. The van der Waals surface area contributed by atoms with Crippen molar-refractivity contribution in [1.29, 1.82) is 0 Å². The molecule has 1 amide bonds. The first-order valence-corrected chi connectivity index (χ1v) is 6.75. The summed E-state index contributed by atoms with van der Waals surface area (Å²) in [4.78, 5) is 22.5. The zero-order valence-corrected chi connectivity index (χ0v) is 11.7. The number of rotatable bonds is 5. The number of alkyl carbamates (subject to hydrolysis) is 1. The van der Waals surface area contributed by atoms with Crippen LogP contribution in [0, 0.1) is 5.92 Å². The molecule has 5 heteroatoms. The molecule has 1 saturated carbocycles. The highest BCUT2D eigenvalue weighted by molar-refractivity contribution is 5.86. The van der Waals surface area contributed by atoms with Gasteiger partial charge in [-0.25, -0.2) is 9.59 Å². The molecule has 0 atom stereocenters. The van der Waals surface area contributed by atoms with E-state index in [2.05, 4.69) is 18.8 Å². The maximum atomic E-state index is 11.5. The van der Waals surface area contributed by atoms with Gasteiger partial charge in [-0.15, -0.1) is 0 Å². The second-order valence-corrected chi connectivity index (χ2v) is 5.15. The fraction of sp³-hybridized carbons (Fsp3) is 0.714. The molecule has 1 aliphatic rings. The van der Waals surface area contributed by atoms with E-state index in [0.717, 1.165) is 31.6 Å². The van der Waals surface area contributed by atoms with Crippen LogP contribution in [0.3, 0.4) is 0 Å². The lowest BCUT2D eigenvalue weighted by atomic mass is 9.87. The van der Waals surface area contributed by atoms with Crippen LogP contribution in [-0.4, -0.2) is 31.3 Å². The molecule has 19 heavy (non-hydrogen) atoms. The molecule has 0 aliphatic heterocycles. The van der Waals surface area contributed by atoms with E-state index in [1.54, 1.807) is 6.92 Å². The van der Waals surface area contributed by atoms with Crippen LogP contribution in [0.2, 0.25) is 0 Å². The summed E-state index contributed by atoms with van der Waals surface area (Å²) >= 11 is 0. The van der Waals surface area contributed by atoms with Crippen molar-refractivity contribution in [2.24, 2.45) is 5.92 Å². The Morgan fingerprint density at radius 2 is 1.74 bits per heavy atom. The maximum Gasteiger partial charge on any atom is 0.407 e. The number of hydrogen-bond donors (Lipinski definition) is 1. The van der Waals surface area contributed by atoms with E-state index in [1.165, 1.54) is 0 Å². The molecule has 1 fully saturated rings. The number of hydrogen-bond acceptors (Lipinski definition) is 4. The van der Waals surface area contributed by atoms with Gasteiger partial charge in [-0.3, -0.25) is 0 Å². The van der Waals surface area contributed by atoms with Gasteiger partial charge >= 0.3 is 12.1 Å². The van der Waals surface area contributed by atoms with Crippen molar-refractivity contribution in [3.8, 4) is 0 Å². The Kier molecular flexibility index (Phi) is 6.39. The van der Waals surface area contributed by atoms with E-state index < -0.39 is 12.1 Å². The summed E-state index contributed by atoms with van der Waals surface area (Å²) in [5.41, 5.74) is 0.334. The van der Waals surface area contributed by atoms with Crippen molar-refractivity contribution in [3.63, 3.8) is 0 Å².